The highest BCUT2D eigenvalue weighted by atomic mass is 32.1. The molecule has 1 aliphatic heterocycles. The summed E-state index contributed by atoms with van der Waals surface area (Å²) in [6.45, 7) is 2.25. The summed E-state index contributed by atoms with van der Waals surface area (Å²) >= 11 is 1.53. The molecule has 0 fully saturated rings. The molecule has 0 aliphatic carbocycles. The van der Waals surface area contributed by atoms with Crippen LogP contribution in [0.2, 0.25) is 0 Å². The van der Waals surface area contributed by atoms with Crippen LogP contribution in [0, 0.1) is 0 Å². The van der Waals surface area contributed by atoms with E-state index in [0.717, 1.165) is 17.1 Å². The fraction of sp³-hybridized carbons (Fsp3) is 0.455. The van der Waals surface area contributed by atoms with E-state index < -0.39 is 5.97 Å². The fourth-order valence-electron chi connectivity index (χ4n) is 1.62. The molecule has 18 heavy (non-hydrogen) atoms. The third kappa shape index (κ3) is 2.73. The normalized spacial score (nSPS) is 15.7. The molecule has 1 aromatic heterocycles. The van der Waals surface area contributed by atoms with Gasteiger partial charge in [-0.3, -0.25) is 4.79 Å². The topological polar surface area (TPSA) is 82.9 Å². The first-order valence-corrected chi connectivity index (χ1v) is 6.52. The molecular formula is C11H13N3O3S. The number of rotatable bonds is 4. The smallest absolute Gasteiger partial charge is 0.352 e. The Bertz CT molecular complexity index is 509. The summed E-state index contributed by atoms with van der Waals surface area (Å²) in [5, 5.41) is 16.8. The minimum Gasteiger partial charge on any atom is -0.477 e. The van der Waals surface area contributed by atoms with Crippen molar-refractivity contribution in [2.24, 2.45) is 5.10 Å². The lowest BCUT2D eigenvalue weighted by atomic mass is 10.1. The predicted molar refractivity (Wildman–Crippen MR) is 66.3 cm³/mol. The Labute approximate surface area is 108 Å². The molecule has 0 unspecified atom stereocenters. The molecule has 96 valence electrons. The summed E-state index contributed by atoms with van der Waals surface area (Å²) < 4.78 is 0. The van der Waals surface area contributed by atoms with Gasteiger partial charge in [0.2, 0.25) is 5.91 Å². The van der Waals surface area contributed by atoms with Crippen molar-refractivity contribution >= 4 is 28.9 Å². The molecule has 2 rings (SSSR count). The van der Waals surface area contributed by atoms with Crippen LogP contribution in [0.15, 0.2) is 10.5 Å². The molecule has 6 nitrogen and oxygen atoms in total. The van der Waals surface area contributed by atoms with Gasteiger partial charge in [-0.25, -0.2) is 14.8 Å². The number of hydrogen-bond donors (Lipinski definition) is 1. The molecule has 2 heterocycles. The summed E-state index contributed by atoms with van der Waals surface area (Å²) in [5.41, 5.74) is 0.779. The van der Waals surface area contributed by atoms with Crippen molar-refractivity contribution < 1.29 is 14.7 Å². The number of aromatic nitrogens is 1. The maximum absolute atomic E-state index is 11.6. The molecule has 0 saturated carbocycles. The average Bonchev–Trinajstić information content (AvgIpc) is 2.79. The predicted octanol–water partition coefficient (Wildman–Crippen LogP) is 1.27. The Hall–Kier alpha value is -1.76. The third-order valence-corrected chi connectivity index (χ3v) is 3.61. The van der Waals surface area contributed by atoms with Gasteiger partial charge in [0, 0.05) is 18.2 Å². The molecule has 0 saturated heterocycles. The zero-order valence-electron chi connectivity index (χ0n) is 9.92. The Balaban J connectivity index is 2.13. The van der Waals surface area contributed by atoms with Crippen LogP contribution in [-0.2, 0) is 22.6 Å². The van der Waals surface area contributed by atoms with Crippen LogP contribution in [0.1, 0.15) is 30.5 Å². The molecule has 1 aliphatic rings. The van der Waals surface area contributed by atoms with Crippen LogP contribution in [0.5, 0.6) is 0 Å². The molecule has 7 heteroatoms. The van der Waals surface area contributed by atoms with Gasteiger partial charge in [0.25, 0.3) is 0 Å². The van der Waals surface area contributed by atoms with E-state index >= 15 is 0 Å². The number of nitrogens with zero attached hydrogens (tertiary/aromatic N) is 3. The lowest BCUT2D eigenvalue weighted by molar-refractivity contribution is -0.133. The maximum Gasteiger partial charge on any atom is 0.352 e. The lowest BCUT2D eigenvalue weighted by Gasteiger charge is -2.21. The van der Waals surface area contributed by atoms with Crippen molar-refractivity contribution in [1.82, 2.24) is 9.99 Å². The van der Waals surface area contributed by atoms with Crippen molar-refractivity contribution in [1.29, 1.82) is 0 Å². The highest BCUT2D eigenvalue weighted by Gasteiger charge is 2.24. The Morgan fingerprint density at radius 3 is 2.94 bits per heavy atom. The van der Waals surface area contributed by atoms with Gasteiger partial charge in [-0.15, -0.1) is 11.3 Å². The van der Waals surface area contributed by atoms with Crippen LogP contribution in [0.4, 0.5) is 0 Å². The molecule has 1 aromatic rings. The Morgan fingerprint density at radius 2 is 2.33 bits per heavy atom. The van der Waals surface area contributed by atoms with Crippen LogP contribution in [0.3, 0.4) is 0 Å². The standard InChI is InChI=1S/C11H13N3O3S/c1-2-9-12-7(6-18-9)5-14-10(15)4-3-8(13-14)11(16)17/h6H,2-5H2,1H3,(H,16,17). The van der Waals surface area contributed by atoms with E-state index in [9.17, 15) is 9.59 Å². The van der Waals surface area contributed by atoms with E-state index in [1.807, 2.05) is 12.3 Å². The van der Waals surface area contributed by atoms with Gasteiger partial charge >= 0.3 is 5.97 Å². The van der Waals surface area contributed by atoms with Crippen LogP contribution < -0.4 is 0 Å². The molecule has 1 amide bonds. The quantitative estimate of drug-likeness (QED) is 0.890. The molecule has 1 N–H and O–H groups in total. The van der Waals surface area contributed by atoms with Gasteiger partial charge < -0.3 is 5.11 Å². The zero-order chi connectivity index (χ0) is 13.1. The average molecular weight is 267 g/mol. The fourth-order valence-corrected chi connectivity index (χ4v) is 2.35. The molecule has 0 aromatic carbocycles. The molecular weight excluding hydrogens is 254 g/mol. The van der Waals surface area contributed by atoms with Crippen molar-refractivity contribution in [2.45, 2.75) is 32.7 Å². The van der Waals surface area contributed by atoms with Gasteiger partial charge in [0.1, 0.15) is 5.71 Å². The lowest BCUT2D eigenvalue weighted by Crippen LogP contribution is -2.33. The number of amides is 1. The van der Waals surface area contributed by atoms with E-state index in [1.165, 1.54) is 16.3 Å². The number of hydrazone groups is 1. The second-order valence-electron chi connectivity index (χ2n) is 3.89. The van der Waals surface area contributed by atoms with Gasteiger partial charge in [-0.05, 0) is 6.42 Å². The minimum absolute atomic E-state index is 0.0283. The molecule has 0 radical (unpaired) electrons. The van der Waals surface area contributed by atoms with Crippen LogP contribution in [-0.4, -0.2) is 32.7 Å². The summed E-state index contributed by atoms with van der Waals surface area (Å²) in [6, 6.07) is 0. The monoisotopic (exact) mass is 267 g/mol. The number of aryl methyl sites for hydroxylation is 1. The van der Waals surface area contributed by atoms with Crippen molar-refractivity contribution in [3.63, 3.8) is 0 Å². The largest absolute Gasteiger partial charge is 0.477 e. The number of thiazole rings is 1. The SMILES string of the molecule is CCc1nc(CN2N=C(C(=O)O)CCC2=O)cs1. The number of carboxylic acid groups (broad SMARTS) is 1. The third-order valence-electron chi connectivity index (χ3n) is 2.57. The highest BCUT2D eigenvalue weighted by Crippen LogP contribution is 2.16. The number of carbonyl (C=O) groups is 2. The van der Waals surface area contributed by atoms with Gasteiger partial charge in [-0.2, -0.15) is 5.10 Å². The molecule has 0 atom stereocenters. The second-order valence-corrected chi connectivity index (χ2v) is 4.83. The minimum atomic E-state index is -1.07. The summed E-state index contributed by atoms with van der Waals surface area (Å²) in [6.07, 6.45) is 1.24. The Kier molecular flexibility index (Phi) is 3.71. The van der Waals surface area contributed by atoms with Gasteiger partial charge in [-0.1, -0.05) is 6.92 Å². The Morgan fingerprint density at radius 1 is 1.56 bits per heavy atom. The van der Waals surface area contributed by atoms with Crippen molar-refractivity contribution in [2.75, 3.05) is 0 Å². The first-order valence-electron chi connectivity index (χ1n) is 5.64. The van der Waals surface area contributed by atoms with Gasteiger partial charge in [0.05, 0.1) is 17.2 Å². The summed E-state index contributed by atoms with van der Waals surface area (Å²) in [5.74, 6) is -1.23. The van der Waals surface area contributed by atoms with E-state index in [2.05, 4.69) is 10.1 Å². The molecule has 0 bridgehead atoms. The number of carbonyl (C=O) groups excluding carboxylic acids is 1. The van der Waals surface area contributed by atoms with Gasteiger partial charge in [0.15, 0.2) is 0 Å². The second kappa shape index (κ2) is 5.26. The van der Waals surface area contributed by atoms with Crippen LogP contribution >= 0.6 is 11.3 Å². The van der Waals surface area contributed by atoms with E-state index in [-0.39, 0.29) is 31.0 Å². The number of aliphatic carboxylic acids is 1. The summed E-state index contributed by atoms with van der Waals surface area (Å²) in [7, 11) is 0. The number of carboxylic acids is 1. The highest BCUT2D eigenvalue weighted by molar-refractivity contribution is 7.09. The van der Waals surface area contributed by atoms with E-state index in [0.29, 0.717) is 0 Å². The summed E-state index contributed by atoms with van der Waals surface area (Å²) in [4.78, 5) is 26.8. The van der Waals surface area contributed by atoms with E-state index in [1.54, 1.807) is 0 Å². The maximum atomic E-state index is 11.6. The van der Waals surface area contributed by atoms with Crippen LogP contribution in [0.25, 0.3) is 0 Å². The van der Waals surface area contributed by atoms with E-state index in [4.69, 9.17) is 5.11 Å². The first-order chi connectivity index (χ1) is 8.60. The number of hydrogen-bond acceptors (Lipinski definition) is 5. The first kappa shape index (κ1) is 12.7. The van der Waals surface area contributed by atoms with Crippen molar-refractivity contribution in [3.05, 3.63) is 16.1 Å². The zero-order valence-corrected chi connectivity index (χ0v) is 10.7. The van der Waals surface area contributed by atoms with Crippen molar-refractivity contribution in [3.8, 4) is 0 Å². The molecule has 0 spiro atoms.